The van der Waals surface area contributed by atoms with Crippen LogP contribution in [0.25, 0.3) is 16.6 Å². The lowest BCUT2D eigenvalue weighted by Crippen LogP contribution is -2.26. The van der Waals surface area contributed by atoms with E-state index in [4.69, 9.17) is 4.74 Å². The second-order valence-electron chi connectivity index (χ2n) is 7.34. The van der Waals surface area contributed by atoms with Crippen LogP contribution in [0.1, 0.15) is 5.56 Å². The van der Waals surface area contributed by atoms with Crippen LogP contribution in [-0.2, 0) is 11.3 Å². The van der Waals surface area contributed by atoms with Crippen molar-refractivity contribution in [1.82, 2.24) is 14.9 Å². The number of hydrogen-bond donors (Lipinski definition) is 1. The molecule has 0 aliphatic rings. The Morgan fingerprint density at radius 3 is 2.57 bits per heavy atom. The average molecular weight is 498 g/mol. The Bertz CT molecular complexity index is 1390. The van der Waals surface area contributed by atoms with Crippen LogP contribution in [0.15, 0.2) is 82.7 Å². The van der Waals surface area contributed by atoms with Gasteiger partial charge in [-0.15, -0.1) is 0 Å². The lowest BCUT2D eigenvalue weighted by atomic mass is 10.2. The zero-order valence-corrected chi connectivity index (χ0v) is 19.4. The Hall–Kier alpha value is -3.92. The number of ether oxygens (including phenoxy) is 2. The Morgan fingerprint density at radius 1 is 1.06 bits per heavy atom. The van der Waals surface area contributed by atoms with E-state index < -0.39 is 6.61 Å². The molecule has 1 aromatic heterocycles. The minimum atomic E-state index is -2.89. The first-order chi connectivity index (χ1) is 16.9. The topological polar surface area (TPSA) is 82.4 Å². The standard InChI is InChI=1S/C25H21F2N3O4S/c1-33-19-6-4-5-17(13-19)30-23(32)20-7-2-3-8-21(20)29-25(30)35-15-22(31)28-14-16-9-11-18(12-10-16)34-24(26)27/h2-13,24H,14-15H2,1H3,(H,28,31). The minimum Gasteiger partial charge on any atom is -0.497 e. The molecule has 0 radical (unpaired) electrons. The number of carbonyl (C=O) groups excluding carboxylic acids is 1. The van der Waals surface area contributed by atoms with Crippen molar-refractivity contribution in [2.75, 3.05) is 12.9 Å². The molecule has 0 atom stereocenters. The van der Waals surface area contributed by atoms with Crippen molar-refractivity contribution >= 4 is 28.6 Å². The number of benzene rings is 3. The van der Waals surface area contributed by atoms with Gasteiger partial charge in [-0.3, -0.25) is 14.2 Å². The molecule has 0 fully saturated rings. The number of para-hydroxylation sites is 1. The van der Waals surface area contributed by atoms with Crippen LogP contribution in [0, 0.1) is 0 Å². The van der Waals surface area contributed by atoms with Gasteiger partial charge in [0.2, 0.25) is 5.91 Å². The lowest BCUT2D eigenvalue weighted by Gasteiger charge is -2.14. The molecule has 0 saturated heterocycles. The molecule has 1 heterocycles. The van der Waals surface area contributed by atoms with E-state index in [0.717, 1.165) is 17.3 Å². The average Bonchev–Trinajstić information content (AvgIpc) is 2.87. The molecular weight excluding hydrogens is 476 g/mol. The van der Waals surface area contributed by atoms with E-state index in [0.29, 0.717) is 27.5 Å². The largest absolute Gasteiger partial charge is 0.497 e. The maximum absolute atomic E-state index is 13.3. The van der Waals surface area contributed by atoms with Gasteiger partial charge in [0.05, 0.1) is 29.5 Å². The monoisotopic (exact) mass is 497 g/mol. The Morgan fingerprint density at radius 2 is 1.83 bits per heavy atom. The van der Waals surface area contributed by atoms with Gasteiger partial charge in [0, 0.05) is 12.6 Å². The third-order valence-electron chi connectivity index (χ3n) is 5.03. The normalized spacial score (nSPS) is 11.0. The van der Waals surface area contributed by atoms with Gasteiger partial charge >= 0.3 is 6.61 Å². The molecular formula is C25H21F2N3O4S. The van der Waals surface area contributed by atoms with Crippen LogP contribution in [-0.4, -0.2) is 34.9 Å². The van der Waals surface area contributed by atoms with Gasteiger partial charge in [-0.05, 0) is 42.0 Å². The number of methoxy groups -OCH3 is 1. The van der Waals surface area contributed by atoms with E-state index in [1.54, 1.807) is 67.8 Å². The van der Waals surface area contributed by atoms with Crippen LogP contribution < -0.4 is 20.3 Å². The second-order valence-corrected chi connectivity index (χ2v) is 8.28. The highest BCUT2D eigenvalue weighted by atomic mass is 32.2. The number of nitrogens with zero attached hydrogens (tertiary/aromatic N) is 2. The van der Waals surface area contributed by atoms with Crippen molar-refractivity contribution in [3.63, 3.8) is 0 Å². The summed E-state index contributed by atoms with van der Waals surface area (Å²) in [6.45, 7) is -2.68. The summed E-state index contributed by atoms with van der Waals surface area (Å²) in [4.78, 5) is 30.4. The third kappa shape index (κ3) is 5.96. The first-order valence-electron chi connectivity index (χ1n) is 10.5. The Kier molecular flexibility index (Phi) is 7.61. The number of rotatable bonds is 9. The van der Waals surface area contributed by atoms with Gasteiger partial charge in [0.25, 0.3) is 5.56 Å². The predicted molar refractivity (Wildman–Crippen MR) is 130 cm³/mol. The molecule has 0 aliphatic carbocycles. The minimum absolute atomic E-state index is 0.0152. The fraction of sp³-hybridized carbons (Fsp3) is 0.160. The summed E-state index contributed by atoms with van der Waals surface area (Å²) in [5, 5.41) is 3.60. The van der Waals surface area contributed by atoms with E-state index in [-0.39, 0.29) is 29.5 Å². The lowest BCUT2D eigenvalue weighted by molar-refractivity contribution is -0.118. The number of nitrogens with one attached hydrogen (secondary N) is 1. The molecule has 3 aromatic carbocycles. The predicted octanol–water partition coefficient (Wildman–Crippen LogP) is 4.40. The quantitative estimate of drug-likeness (QED) is 0.273. The smallest absolute Gasteiger partial charge is 0.387 e. The zero-order chi connectivity index (χ0) is 24.8. The van der Waals surface area contributed by atoms with E-state index in [1.165, 1.54) is 16.7 Å². The number of hydrogen-bond acceptors (Lipinski definition) is 6. The van der Waals surface area contributed by atoms with Crippen molar-refractivity contribution in [2.45, 2.75) is 18.3 Å². The summed E-state index contributed by atoms with van der Waals surface area (Å²) in [5.74, 6) is 0.369. The maximum Gasteiger partial charge on any atom is 0.387 e. The summed E-state index contributed by atoms with van der Waals surface area (Å²) in [7, 11) is 1.54. The molecule has 0 bridgehead atoms. The molecule has 1 N–H and O–H groups in total. The van der Waals surface area contributed by atoms with Gasteiger partial charge < -0.3 is 14.8 Å². The van der Waals surface area contributed by atoms with Crippen molar-refractivity contribution in [2.24, 2.45) is 0 Å². The first kappa shape index (κ1) is 24.2. The number of thioether (sulfide) groups is 1. The van der Waals surface area contributed by atoms with Crippen molar-refractivity contribution in [1.29, 1.82) is 0 Å². The van der Waals surface area contributed by atoms with Crippen molar-refractivity contribution in [3.8, 4) is 17.2 Å². The third-order valence-corrected chi connectivity index (χ3v) is 5.97. The number of carbonyl (C=O) groups is 1. The molecule has 35 heavy (non-hydrogen) atoms. The van der Waals surface area contributed by atoms with Crippen LogP contribution in [0.2, 0.25) is 0 Å². The van der Waals surface area contributed by atoms with Crippen LogP contribution >= 0.6 is 11.8 Å². The fourth-order valence-electron chi connectivity index (χ4n) is 3.36. The SMILES string of the molecule is COc1cccc(-n2c(SCC(=O)NCc3ccc(OC(F)F)cc3)nc3ccccc3c2=O)c1. The number of fused-ring (bicyclic) bond motifs is 1. The van der Waals surface area contributed by atoms with Gasteiger partial charge in [-0.2, -0.15) is 8.78 Å². The highest BCUT2D eigenvalue weighted by molar-refractivity contribution is 7.99. The Labute approximate surface area is 203 Å². The fourth-order valence-corrected chi connectivity index (χ4v) is 4.20. The molecule has 4 aromatic rings. The maximum atomic E-state index is 13.3. The first-order valence-corrected chi connectivity index (χ1v) is 11.5. The summed E-state index contributed by atoms with van der Waals surface area (Å²) >= 11 is 1.13. The summed E-state index contributed by atoms with van der Waals surface area (Å²) in [6.07, 6.45) is 0. The summed E-state index contributed by atoms with van der Waals surface area (Å²) in [5.41, 5.74) is 1.58. The van der Waals surface area contributed by atoms with E-state index >= 15 is 0 Å². The number of halogens is 2. The highest BCUT2D eigenvalue weighted by Crippen LogP contribution is 2.23. The molecule has 7 nitrogen and oxygen atoms in total. The zero-order valence-electron chi connectivity index (χ0n) is 18.6. The molecule has 0 unspecified atom stereocenters. The van der Waals surface area contributed by atoms with Gasteiger partial charge in [0.1, 0.15) is 11.5 Å². The number of alkyl halides is 2. The van der Waals surface area contributed by atoms with Crippen molar-refractivity contribution < 1.29 is 23.0 Å². The second kappa shape index (κ2) is 11.0. The van der Waals surface area contributed by atoms with Crippen LogP contribution in [0.4, 0.5) is 8.78 Å². The molecule has 0 saturated carbocycles. The van der Waals surface area contributed by atoms with E-state index in [2.05, 4.69) is 15.0 Å². The van der Waals surface area contributed by atoms with Gasteiger partial charge in [-0.1, -0.05) is 42.1 Å². The van der Waals surface area contributed by atoms with Gasteiger partial charge in [0.15, 0.2) is 5.16 Å². The molecule has 0 aliphatic heterocycles. The molecule has 10 heteroatoms. The molecule has 1 amide bonds. The highest BCUT2D eigenvalue weighted by Gasteiger charge is 2.15. The van der Waals surface area contributed by atoms with Crippen LogP contribution in [0.3, 0.4) is 0 Å². The number of amides is 1. The molecule has 4 rings (SSSR count). The van der Waals surface area contributed by atoms with Crippen molar-refractivity contribution in [3.05, 3.63) is 88.7 Å². The Balaban J connectivity index is 1.51. The summed E-state index contributed by atoms with van der Waals surface area (Å²) in [6, 6.07) is 20.1. The number of aromatic nitrogens is 2. The summed E-state index contributed by atoms with van der Waals surface area (Å²) < 4.78 is 35.6. The van der Waals surface area contributed by atoms with E-state index in [9.17, 15) is 18.4 Å². The molecule has 180 valence electrons. The molecule has 0 spiro atoms. The van der Waals surface area contributed by atoms with Crippen LogP contribution in [0.5, 0.6) is 11.5 Å². The van der Waals surface area contributed by atoms with E-state index in [1.807, 2.05) is 0 Å². The van der Waals surface area contributed by atoms with Gasteiger partial charge in [-0.25, -0.2) is 4.98 Å².